The predicted molar refractivity (Wildman–Crippen MR) is 164 cm³/mol. The second kappa shape index (κ2) is 12.1. The number of carbonyl (C=O) groups is 1. The average molecular weight is 572 g/mol. The van der Waals surface area contributed by atoms with Crippen LogP contribution in [-0.2, 0) is 4.74 Å². The molecule has 0 spiro atoms. The molecule has 9 heteroatoms. The van der Waals surface area contributed by atoms with Crippen molar-refractivity contribution in [3.63, 3.8) is 0 Å². The van der Waals surface area contributed by atoms with Gasteiger partial charge in [0.05, 0.1) is 18.3 Å². The Bertz CT molecular complexity index is 1290. The van der Waals surface area contributed by atoms with Crippen LogP contribution in [0.5, 0.6) is 0 Å². The van der Waals surface area contributed by atoms with Crippen LogP contribution in [-0.4, -0.2) is 75.8 Å². The molecule has 3 aliphatic heterocycles. The van der Waals surface area contributed by atoms with E-state index in [1.54, 1.807) is 6.20 Å². The number of benzene rings is 1. The summed E-state index contributed by atoms with van der Waals surface area (Å²) >= 11 is 0. The van der Waals surface area contributed by atoms with Crippen molar-refractivity contribution < 1.29 is 9.53 Å². The van der Waals surface area contributed by atoms with Crippen LogP contribution in [0.4, 0.5) is 22.1 Å². The standard InChI is InChI=1S/C33H45N7O2/c1-33(2,3)42-32(41)40-20-16-29-28(40)9-6-17-39(29)30-22-35-27(21-34)31(37-30)36-25-12-10-23(11-13-25)24-14-18-38(19-15-24)26-7-4-5-8-26/h10-13,22,24,26,28-29H,4-9,14-20H2,1-3H3,(H,36,37). The molecule has 2 atom stereocenters. The Labute approximate surface area is 250 Å². The zero-order chi connectivity index (χ0) is 29.3. The molecule has 42 heavy (non-hydrogen) atoms. The number of aromatic nitrogens is 2. The van der Waals surface area contributed by atoms with Crippen molar-refractivity contribution in [3.8, 4) is 6.07 Å². The van der Waals surface area contributed by atoms with Crippen molar-refractivity contribution in [1.29, 1.82) is 5.26 Å². The summed E-state index contributed by atoms with van der Waals surface area (Å²) < 4.78 is 5.69. The number of rotatable bonds is 5. The van der Waals surface area contributed by atoms with Crippen molar-refractivity contribution >= 4 is 23.4 Å². The normalized spacial score (nSPS) is 24.0. The fourth-order valence-corrected chi connectivity index (χ4v) is 7.55. The number of fused-ring (bicyclic) bond motifs is 1. The lowest BCUT2D eigenvalue weighted by Crippen LogP contribution is -2.52. The van der Waals surface area contributed by atoms with E-state index in [1.807, 2.05) is 25.7 Å². The summed E-state index contributed by atoms with van der Waals surface area (Å²) in [6.45, 7) is 9.63. The van der Waals surface area contributed by atoms with Gasteiger partial charge >= 0.3 is 6.09 Å². The molecule has 1 amide bonds. The van der Waals surface area contributed by atoms with E-state index in [-0.39, 0.29) is 23.9 Å². The van der Waals surface area contributed by atoms with Crippen LogP contribution in [0, 0.1) is 11.3 Å². The van der Waals surface area contributed by atoms with Gasteiger partial charge in [-0.2, -0.15) is 5.26 Å². The summed E-state index contributed by atoms with van der Waals surface area (Å²) in [5, 5.41) is 13.2. The molecule has 3 saturated heterocycles. The number of likely N-dealkylation sites (tertiary alicyclic amines) is 2. The van der Waals surface area contributed by atoms with Crippen molar-refractivity contribution in [1.82, 2.24) is 19.8 Å². The van der Waals surface area contributed by atoms with Crippen molar-refractivity contribution in [2.45, 2.75) is 108 Å². The third kappa shape index (κ3) is 6.19. The molecule has 4 fully saturated rings. The molecule has 9 nitrogen and oxygen atoms in total. The smallest absolute Gasteiger partial charge is 0.410 e. The maximum absolute atomic E-state index is 12.9. The number of nitrogens with zero attached hydrogens (tertiary/aromatic N) is 6. The maximum Gasteiger partial charge on any atom is 0.410 e. The summed E-state index contributed by atoms with van der Waals surface area (Å²) in [4.78, 5) is 29.2. The quantitative estimate of drug-likeness (QED) is 0.454. The summed E-state index contributed by atoms with van der Waals surface area (Å²) in [6, 6.07) is 11.9. The molecule has 4 heterocycles. The van der Waals surface area contributed by atoms with Gasteiger partial charge in [0.15, 0.2) is 11.5 Å². The van der Waals surface area contributed by atoms with Gasteiger partial charge in [0.25, 0.3) is 0 Å². The average Bonchev–Trinajstić information content (AvgIpc) is 3.68. The van der Waals surface area contributed by atoms with Gasteiger partial charge in [-0.3, -0.25) is 0 Å². The number of amides is 1. The molecule has 2 aromatic rings. The van der Waals surface area contributed by atoms with Gasteiger partial charge in [0.2, 0.25) is 0 Å². The highest BCUT2D eigenvalue weighted by Gasteiger charge is 2.44. The lowest BCUT2D eigenvalue weighted by Gasteiger charge is -2.40. The van der Waals surface area contributed by atoms with E-state index in [0.29, 0.717) is 18.3 Å². The van der Waals surface area contributed by atoms with Gasteiger partial charge < -0.3 is 24.8 Å². The number of carbonyl (C=O) groups excluding carboxylic acids is 1. The van der Waals surface area contributed by atoms with E-state index in [9.17, 15) is 10.1 Å². The highest BCUT2D eigenvalue weighted by molar-refractivity contribution is 5.70. The largest absolute Gasteiger partial charge is 0.444 e. The third-order valence-corrected chi connectivity index (χ3v) is 9.61. The Balaban J connectivity index is 1.12. The van der Waals surface area contributed by atoms with Gasteiger partial charge in [-0.15, -0.1) is 0 Å². The Morgan fingerprint density at radius 2 is 1.69 bits per heavy atom. The number of anilines is 3. The summed E-state index contributed by atoms with van der Waals surface area (Å²) in [7, 11) is 0. The molecule has 1 aliphatic carbocycles. The number of hydrogen-bond donors (Lipinski definition) is 1. The number of nitriles is 1. The molecule has 1 N–H and O–H groups in total. The zero-order valence-corrected chi connectivity index (χ0v) is 25.4. The number of nitrogens with one attached hydrogen (secondary N) is 1. The Morgan fingerprint density at radius 1 is 0.952 bits per heavy atom. The van der Waals surface area contributed by atoms with Crippen LogP contribution in [0.15, 0.2) is 30.5 Å². The van der Waals surface area contributed by atoms with E-state index in [1.165, 1.54) is 57.2 Å². The monoisotopic (exact) mass is 571 g/mol. The minimum Gasteiger partial charge on any atom is -0.444 e. The molecule has 1 saturated carbocycles. The van der Waals surface area contributed by atoms with Crippen LogP contribution < -0.4 is 10.2 Å². The van der Waals surface area contributed by atoms with E-state index < -0.39 is 5.60 Å². The van der Waals surface area contributed by atoms with Gasteiger partial charge in [-0.25, -0.2) is 14.8 Å². The van der Waals surface area contributed by atoms with Crippen LogP contribution in [0.2, 0.25) is 0 Å². The van der Waals surface area contributed by atoms with Crippen molar-refractivity contribution in [2.75, 3.05) is 36.4 Å². The van der Waals surface area contributed by atoms with Crippen LogP contribution in [0.3, 0.4) is 0 Å². The highest BCUT2D eigenvalue weighted by Crippen LogP contribution is 2.36. The lowest BCUT2D eigenvalue weighted by atomic mass is 9.88. The number of piperidine rings is 2. The van der Waals surface area contributed by atoms with Gasteiger partial charge in [0, 0.05) is 24.8 Å². The summed E-state index contributed by atoms with van der Waals surface area (Å²) in [5.41, 5.74) is 2.05. The maximum atomic E-state index is 12.9. The van der Waals surface area contributed by atoms with E-state index in [0.717, 1.165) is 43.4 Å². The first kappa shape index (κ1) is 28.7. The van der Waals surface area contributed by atoms with Gasteiger partial charge in [-0.05, 0) is 102 Å². The molecule has 6 rings (SSSR count). The Kier molecular flexibility index (Phi) is 8.26. The second-order valence-corrected chi connectivity index (χ2v) is 13.5. The molecule has 0 radical (unpaired) electrons. The SMILES string of the molecule is CC(C)(C)OC(=O)N1CCC2C1CCCN2c1cnc(C#N)c(Nc2ccc(C3CCN(C4CCCC4)CC3)cc2)n1. The van der Waals surface area contributed by atoms with E-state index in [2.05, 4.69) is 50.4 Å². The van der Waals surface area contributed by atoms with Crippen LogP contribution >= 0.6 is 0 Å². The summed E-state index contributed by atoms with van der Waals surface area (Å²) in [5.74, 6) is 1.81. The first-order valence-electron chi connectivity index (χ1n) is 15.9. The van der Waals surface area contributed by atoms with E-state index >= 15 is 0 Å². The lowest BCUT2D eigenvalue weighted by molar-refractivity contribution is 0.0204. The Hall–Kier alpha value is -3.38. The molecular formula is C33H45N7O2. The second-order valence-electron chi connectivity index (χ2n) is 13.5. The fourth-order valence-electron chi connectivity index (χ4n) is 7.55. The molecule has 0 bridgehead atoms. The minimum absolute atomic E-state index is 0.0834. The summed E-state index contributed by atoms with van der Waals surface area (Å²) in [6.07, 6.45) is 12.2. The first-order valence-corrected chi connectivity index (χ1v) is 15.9. The van der Waals surface area contributed by atoms with Crippen molar-refractivity contribution in [2.24, 2.45) is 0 Å². The predicted octanol–water partition coefficient (Wildman–Crippen LogP) is 6.19. The third-order valence-electron chi connectivity index (χ3n) is 9.61. The van der Waals surface area contributed by atoms with Crippen molar-refractivity contribution in [3.05, 3.63) is 41.7 Å². The zero-order valence-electron chi connectivity index (χ0n) is 25.4. The van der Waals surface area contributed by atoms with E-state index in [4.69, 9.17) is 9.72 Å². The molecular weight excluding hydrogens is 526 g/mol. The molecule has 1 aromatic heterocycles. The van der Waals surface area contributed by atoms with Gasteiger partial charge in [0.1, 0.15) is 17.5 Å². The highest BCUT2D eigenvalue weighted by atomic mass is 16.6. The van der Waals surface area contributed by atoms with Crippen LogP contribution in [0.25, 0.3) is 0 Å². The van der Waals surface area contributed by atoms with Crippen LogP contribution in [0.1, 0.15) is 95.7 Å². The molecule has 2 unspecified atom stereocenters. The topological polar surface area (TPSA) is 97.6 Å². The molecule has 1 aromatic carbocycles. The Morgan fingerprint density at radius 3 is 2.38 bits per heavy atom. The first-order chi connectivity index (χ1) is 20.3. The van der Waals surface area contributed by atoms with Gasteiger partial charge in [-0.1, -0.05) is 25.0 Å². The number of hydrogen-bond acceptors (Lipinski definition) is 8. The molecule has 4 aliphatic rings. The molecule has 224 valence electrons. The minimum atomic E-state index is -0.520. The fraction of sp³-hybridized carbons (Fsp3) is 0.636. The number of ether oxygens (including phenoxy) is 1.